The number of benzene rings is 2. The van der Waals surface area contributed by atoms with Crippen LogP contribution in [0.25, 0.3) is 11.1 Å². The van der Waals surface area contributed by atoms with Crippen LogP contribution in [-0.4, -0.2) is 64.1 Å². The third kappa shape index (κ3) is 5.88. The first kappa shape index (κ1) is 22.8. The quantitative estimate of drug-likeness (QED) is 0.689. The molecule has 1 N–H and O–H groups in total. The summed E-state index contributed by atoms with van der Waals surface area (Å²) in [6, 6.07) is 17.6. The highest BCUT2D eigenvalue weighted by atomic mass is 32.2. The lowest BCUT2D eigenvalue weighted by atomic mass is 9.90. The van der Waals surface area contributed by atoms with Crippen LogP contribution in [0.3, 0.4) is 0 Å². The van der Waals surface area contributed by atoms with Crippen molar-refractivity contribution >= 4 is 16.1 Å². The summed E-state index contributed by atoms with van der Waals surface area (Å²) >= 11 is 0. The minimum atomic E-state index is -3.42. The fourth-order valence-corrected chi connectivity index (χ4v) is 5.18. The molecule has 2 heterocycles. The minimum absolute atomic E-state index is 0.245. The maximum Gasteiger partial charge on any atom is 0.410 e. The molecule has 2 aromatic rings. The number of carbonyl (C=O) groups is 1. The van der Waals surface area contributed by atoms with Crippen LogP contribution in [0.2, 0.25) is 0 Å². The second-order valence-corrected chi connectivity index (χ2v) is 10.4. The molecule has 2 atom stereocenters. The molecule has 2 aliphatic rings. The number of hydrogen-bond acceptors (Lipinski definition) is 5. The van der Waals surface area contributed by atoms with Crippen molar-refractivity contribution < 1.29 is 22.7 Å². The number of amides is 1. The molecule has 0 radical (unpaired) electrons. The van der Waals surface area contributed by atoms with Gasteiger partial charge in [-0.25, -0.2) is 17.9 Å². The normalized spacial score (nSPS) is 21.7. The Hall–Kier alpha value is -2.42. The number of rotatable bonds is 7. The van der Waals surface area contributed by atoms with Gasteiger partial charge in [-0.05, 0) is 36.0 Å². The van der Waals surface area contributed by atoms with Crippen LogP contribution in [0, 0.1) is 5.92 Å². The Kier molecular flexibility index (Phi) is 7.13. The zero-order valence-electron chi connectivity index (χ0n) is 18.3. The number of piperidine rings is 1. The highest BCUT2D eigenvalue weighted by molar-refractivity contribution is 7.88. The smallest absolute Gasteiger partial charge is 0.410 e. The molecule has 2 saturated heterocycles. The zero-order valence-corrected chi connectivity index (χ0v) is 19.1. The van der Waals surface area contributed by atoms with Gasteiger partial charge >= 0.3 is 6.09 Å². The summed E-state index contributed by atoms with van der Waals surface area (Å²) in [6.45, 7) is 2.10. The third-order valence-electron chi connectivity index (χ3n) is 6.01. The van der Waals surface area contributed by atoms with Crippen LogP contribution in [-0.2, 0) is 25.9 Å². The monoisotopic (exact) mass is 458 g/mol. The van der Waals surface area contributed by atoms with Gasteiger partial charge in [-0.1, -0.05) is 54.6 Å². The van der Waals surface area contributed by atoms with Crippen molar-refractivity contribution in [1.29, 1.82) is 0 Å². The molecule has 172 valence electrons. The Morgan fingerprint density at radius 1 is 1.12 bits per heavy atom. The van der Waals surface area contributed by atoms with E-state index >= 15 is 0 Å². The summed E-state index contributed by atoms with van der Waals surface area (Å²) in [4.78, 5) is 14.6. The van der Waals surface area contributed by atoms with Gasteiger partial charge in [0.1, 0.15) is 6.61 Å². The van der Waals surface area contributed by atoms with Crippen molar-refractivity contribution in [2.75, 3.05) is 32.6 Å². The van der Waals surface area contributed by atoms with E-state index in [0.717, 1.165) is 29.4 Å². The van der Waals surface area contributed by atoms with Gasteiger partial charge in [0.05, 0.1) is 25.5 Å². The Balaban J connectivity index is 1.55. The van der Waals surface area contributed by atoms with E-state index in [1.54, 1.807) is 4.90 Å². The van der Waals surface area contributed by atoms with Crippen molar-refractivity contribution in [3.63, 3.8) is 0 Å². The number of ether oxygens (including phenoxy) is 2. The number of nitrogens with zero attached hydrogens (tertiary/aromatic N) is 1. The number of sulfonamides is 1. The Morgan fingerprint density at radius 3 is 2.56 bits per heavy atom. The fourth-order valence-electron chi connectivity index (χ4n) is 4.35. The van der Waals surface area contributed by atoms with Crippen LogP contribution in [0.5, 0.6) is 0 Å². The van der Waals surface area contributed by atoms with E-state index in [-0.39, 0.29) is 24.1 Å². The van der Waals surface area contributed by atoms with E-state index in [0.29, 0.717) is 39.2 Å². The van der Waals surface area contributed by atoms with Crippen LogP contribution in [0.1, 0.15) is 18.4 Å². The minimum Gasteiger partial charge on any atom is -0.449 e. The highest BCUT2D eigenvalue weighted by Gasteiger charge is 2.37. The van der Waals surface area contributed by atoms with Gasteiger partial charge in [-0.15, -0.1) is 0 Å². The van der Waals surface area contributed by atoms with Crippen molar-refractivity contribution in [2.24, 2.45) is 5.92 Å². The lowest BCUT2D eigenvalue weighted by Gasteiger charge is -2.41. The maximum atomic E-state index is 12.9. The second-order valence-electron chi connectivity index (χ2n) is 8.65. The first-order valence-electron chi connectivity index (χ1n) is 11.0. The van der Waals surface area contributed by atoms with Crippen LogP contribution < -0.4 is 4.72 Å². The SMILES string of the molecule is CS(=O)(=O)N[C@@H]1CCCN(C(=O)OCC2COC2)[C@@H]1Cc1cccc(-c2ccccc2)c1. The molecule has 32 heavy (non-hydrogen) atoms. The molecule has 0 aromatic heterocycles. The lowest BCUT2D eigenvalue weighted by molar-refractivity contribution is -0.0632. The number of carbonyl (C=O) groups excluding carboxylic acids is 1. The standard InChI is InChI=1S/C24H30N2O5S/c1-32(28,29)25-22-11-6-12-26(24(27)31-17-19-15-30-16-19)23(22)14-18-7-5-10-21(13-18)20-8-3-2-4-9-20/h2-5,7-10,13,19,22-23,25H,6,11-12,14-17H2,1H3/t22-,23-/m1/s1. The molecular weight excluding hydrogens is 428 g/mol. The second kappa shape index (κ2) is 10.0. The van der Waals surface area contributed by atoms with Crippen LogP contribution >= 0.6 is 0 Å². The summed E-state index contributed by atoms with van der Waals surface area (Å²) in [5, 5.41) is 0. The predicted octanol–water partition coefficient (Wildman–Crippen LogP) is 3.06. The van der Waals surface area contributed by atoms with Gasteiger partial charge in [0.15, 0.2) is 0 Å². The number of hydrogen-bond donors (Lipinski definition) is 1. The summed E-state index contributed by atoms with van der Waals surface area (Å²) < 4.78 is 37.5. The summed E-state index contributed by atoms with van der Waals surface area (Å²) in [5.74, 6) is 0.245. The Bertz CT molecular complexity index is 1020. The molecule has 0 spiro atoms. The van der Waals surface area contributed by atoms with E-state index in [1.807, 2.05) is 30.3 Å². The van der Waals surface area contributed by atoms with Gasteiger partial charge in [-0.2, -0.15) is 0 Å². The highest BCUT2D eigenvalue weighted by Crippen LogP contribution is 2.26. The summed E-state index contributed by atoms with van der Waals surface area (Å²) in [5.41, 5.74) is 3.25. The fraction of sp³-hybridized carbons (Fsp3) is 0.458. The van der Waals surface area contributed by atoms with E-state index in [2.05, 4.69) is 29.0 Å². The molecular formula is C24H30N2O5S. The van der Waals surface area contributed by atoms with Crippen molar-refractivity contribution in [1.82, 2.24) is 9.62 Å². The Labute approximate surface area is 189 Å². The van der Waals surface area contributed by atoms with Crippen LogP contribution in [0.4, 0.5) is 4.79 Å². The lowest BCUT2D eigenvalue weighted by Crippen LogP contribution is -2.58. The van der Waals surface area contributed by atoms with E-state index in [4.69, 9.17) is 9.47 Å². The predicted molar refractivity (Wildman–Crippen MR) is 123 cm³/mol. The molecule has 7 nitrogen and oxygen atoms in total. The third-order valence-corrected chi connectivity index (χ3v) is 6.74. The van der Waals surface area contributed by atoms with Crippen molar-refractivity contribution in [3.8, 4) is 11.1 Å². The first-order chi connectivity index (χ1) is 15.4. The van der Waals surface area contributed by atoms with Gasteiger partial charge in [0.2, 0.25) is 10.0 Å². The largest absolute Gasteiger partial charge is 0.449 e. The number of likely N-dealkylation sites (tertiary alicyclic amines) is 1. The molecule has 2 aliphatic heterocycles. The molecule has 0 saturated carbocycles. The van der Waals surface area contributed by atoms with E-state index < -0.39 is 10.0 Å². The molecule has 0 aliphatic carbocycles. The van der Waals surface area contributed by atoms with E-state index in [1.165, 1.54) is 0 Å². The average Bonchev–Trinajstić information content (AvgIpc) is 2.73. The zero-order chi connectivity index (χ0) is 22.6. The van der Waals surface area contributed by atoms with E-state index in [9.17, 15) is 13.2 Å². The molecule has 4 rings (SSSR count). The molecule has 2 aromatic carbocycles. The van der Waals surface area contributed by atoms with Gasteiger partial charge in [0, 0.05) is 18.5 Å². The van der Waals surface area contributed by atoms with Gasteiger partial charge in [-0.3, -0.25) is 0 Å². The van der Waals surface area contributed by atoms with Crippen molar-refractivity contribution in [2.45, 2.75) is 31.3 Å². The Morgan fingerprint density at radius 2 is 1.88 bits per heavy atom. The number of nitrogens with one attached hydrogen (secondary N) is 1. The van der Waals surface area contributed by atoms with Gasteiger partial charge in [0.25, 0.3) is 0 Å². The summed E-state index contributed by atoms with van der Waals surface area (Å²) in [7, 11) is -3.42. The van der Waals surface area contributed by atoms with Crippen LogP contribution in [0.15, 0.2) is 54.6 Å². The molecule has 1 amide bonds. The average molecular weight is 459 g/mol. The summed E-state index contributed by atoms with van der Waals surface area (Å²) in [6.07, 6.45) is 2.70. The topological polar surface area (TPSA) is 84.9 Å². The van der Waals surface area contributed by atoms with Gasteiger partial charge < -0.3 is 14.4 Å². The first-order valence-corrected chi connectivity index (χ1v) is 12.9. The molecule has 0 unspecified atom stereocenters. The molecule has 2 fully saturated rings. The maximum absolute atomic E-state index is 12.9. The van der Waals surface area contributed by atoms with Crippen molar-refractivity contribution in [3.05, 3.63) is 60.2 Å². The molecule has 8 heteroatoms. The molecule has 0 bridgehead atoms.